The Labute approximate surface area is 189 Å². The zero-order valence-corrected chi connectivity index (χ0v) is 19.2. The maximum Gasteiger partial charge on any atom is 0.244 e. The van der Waals surface area contributed by atoms with E-state index in [0.717, 1.165) is 37.0 Å². The van der Waals surface area contributed by atoms with Gasteiger partial charge in [-0.2, -0.15) is 0 Å². The fourth-order valence-electron chi connectivity index (χ4n) is 4.38. The summed E-state index contributed by atoms with van der Waals surface area (Å²) in [4.78, 5) is 18.0. The number of hydrogen-bond acceptors (Lipinski definition) is 2. The molecule has 0 spiro atoms. The molecule has 1 amide bonds. The summed E-state index contributed by atoms with van der Waals surface area (Å²) >= 11 is 0. The van der Waals surface area contributed by atoms with Crippen molar-refractivity contribution in [2.75, 3.05) is 27.2 Å². The number of carbonyl (C=O) groups is 1. The van der Waals surface area contributed by atoms with E-state index in [2.05, 4.69) is 77.2 Å². The van der Waals surface area contributed by atoms with E-state index in [4.69, 9.17) is 0 Å². The Bertz CT molecular complexity index is 1250. The van der Waals surface area contributed by atoms with E-state index in [1.807, 2.05) is 24.4 Å². The molecule has 0 fully saturated rings. The lowest BCUT2D eigenvalue weighted by Gasteiger charge is -2.12. The molecule has 2 aromatic heterocycles. The summed E-state index contributed by atoms with van der Waals surface area (Å²) in [5.74, 6) is -0.0614. The Morgan fingerprint density at radius 2 is 1.84 bits per heavy atom. The van der Waals surface area contributed by atoms with Crippen molar-refractivity contribution < 1.29 is 4.79 Å². The maximum absolute atomic E-state index is 12.5. The number of benzene rings is 2. The predicted molar refractivity (Wildman–Crippen MR) is 134 cm³/mol. The SMILES string of the molecule is Cc1c(/C=C/C(=O)NCCc2c[nH]c3ccccc23)c2ccccc2n1CCCN(C)C. The Morgan fingerprint density at radius 3 is 2.66 bits per heavy atom. The van der Waals surface area contributed by atoms with E-state index in [1.54, 1.807) is 6.08 Å². The lowest BCUT2D eigenvalue weighted by Crippen LogP contribution is -2.23. The van der Waals surface area contributed by atoms with Gasteiger partial charge in [0.05, 0.1) is 0 Å². The first-order valence-corrected chi connectivity index (χ1v) is 11.3. The fraction of sp³-hybridized carbons (Fsp3) is 0.296. The number of amides is 1. The molecule has 32 heavy (non-hydrogen) atoms. The van der Waals surface area contributed by atoms with E-state index in [0.29, 0.717) is 6.54 Å². The lowest BCUT2D eigenvalue weighted by molar-refractivity contribution is -0.116. The van der Waals surface area contributed by atoms with Gasteiger partial charge in [0.15, 0.2) is 0 Å². The van der Waals surface area contributed by atoms with Gasteiger partial charge in [0.2, 0.25) is 5.91 Å². The lowest BCUT2D eigenvalue weighted by atomic mass is 10.1. The minimum Gasteiger partial charge on any atom is -0.361 e. The normalized spacial score (nSPS) is 11.9. The number of H-pyrrole nitrogens is 1. The van der Waals surface area contributed by atoms with E-state index >= 15 is 0 Å². The zero-order chi connectivity index (χ0) is 22.5. The summed E-state index contributed by atoms with van der Waals surface area (Å²) in [6, 6.07) is 16.7. The molecule has 0 aliphatic carbocycles. The highest BCUT2D eigenvalue weighted by atomic mass is 16.1. The van der Waals surface area contributed by atoms with Gasteiger partial charge in [-0.25, -0.2) is 0 Å². The van der Waals surface area contributed by atoms with Crippen molar-refractivity contribution in [3.05, 3.63) is 77.6 Å². The average molecular weight is 429 g/mol. The van der Waals surface area contributed by atoms with E-state index in [-0.39, 0.29) is 5.91 Å². The van der Waals surface area contributed by atoms with Gasteiger partial charge in [0.25, 0.3) is 0 Å². The Balaban J connectivity index is 1.42. The molecule has 5 heteroatoms. The van der Waals surface area contributed by atoms with Crippen molar-refractivity contribution in [1.29, 1.82) is 0 Å². The standard InChI is InChI=1S/C27H32N4O/c1-20-22(24-10-5-7-12-26(24)31(20)18-8-17-30(2)3)13-14-27(32)28-16-15-21-19-29-25-11-6-4-9-23(21)25/h4-7,9-14,19,29H,8,15-18H2,1-3H3,(H,28,32)/b14-13+. The van der Waals surface area contributed by atoms with Crippen LogP contribution in [-0.2, 0) is 17.8 Å². The minimum atomic E-state index is -0.0614. The van der Waals surface area contributed by atoms with Gasteiger partial charge in [-0.3, -0.25) is 4.79 Å². The second kappa shape index (κ2) is 9.88. The van der Waals surface area contributed by atoms with Crippen molar-refractivity contribution in [3.63, 3.8) is 0 Å². The first-order chi connectivity index (χ1) is 15.5. The molecule has 4 aromatic rings. The molecule has 4 rings (SSSR count). The maximum atomic E-state index is 12.5. The topological polar surface area (TPSA) is 53.1 Å². The largest absolute Gasteiger partial charge is 0.361 e. The van der Waals surface area contributed by atoms with E-state index in [9.17, 15) is 4.79 Å². The van der Waals surface area contributed by atoms with Crippen LogP contribution in [0.1, 0.15) is 23.2 Å². The summed E-state index contributed by atoms with van der Waals surface area (Å²) in [5.41, 5.74) is 5.90. The molecule has 2 heterocycles. The molecule has 0 bridgehead atoms. The Kier molecular flexibility index (Phi) is 6.76. The predicted octanol–water partition coefficient (Wildman–Crippen LogP) is 4.75. The van der Waals surface area contributed by atoms with Crippen molar-refractivity contribution >= 4 is 33.8 Å². The Hall–Kier alpha value is -3.31. The number of hydrogen-bond donors (Lipinski definition) is 2. The van der Waals surface area contributed by atoms with Crippen LogP contribution in [-0.4, -0.2) is 47.5 Å². The zero-order valence-electron chi connectivity index (χ0n) is 19.2. The molecular weight excluding hydrogens is 396 g/mol. The molecule has 0 aliphatic heterocycles. The number of aryl methyl sites for hydroxylation is 1. The van der Waals surface area contributed by atoms with Gasteiger partial charge in [0.1, 0.15) is 0 Å². The Morgan fingerprint density at radius 1 is 1.09 bits per heavy atom. The number of nitrogens with zero attached hydrogens (tertiary/aromatic N) is 2. The highest BCUT2D eigenvalue weighted by molar-refractivity contribution is 5.97. The minimum absolute atomic E-state index is 0.0614. The molecular formula is C27H32N4O. The monoisotopic (exact) mass is 428 g/mol. The van der Waals surface area contributed by atoms with Crippen molar-refractivity contribution in [2.24, 2.45) is 0 Å². The smallest absolute Gasteiger partial charge is 0.244 e. The third kappa shape index (κ3) is 4.78. The number of nitrogens with one attached hydrogen (secondary N) is 2. The third-order valence-corrected chi connectivity index (χ3v) is 6.04. The number of carbonyl (C=O) groups excluding carboxylic acids is 1. The number of para-hydroxylation sites is 2. The molecule has 0 atom stereocenters. The number of aromatic nitrogens is 2. The molecule has 0 saturated carbocycles. The van der Waals surface area contributed by atoms with Crippen molar-refractivity contribution in [3.8, 4) is 0 Å². The summed E-state index contributed by atoms with van der Waals surface area (Å²) < 4.78 is 2.37. The summed E-state index contributed by atoms with van der Waals surface area (Å²) in [6.45, 7) is 4.77. The number of rotatable bonds is 9. The molecule has 166 valence electrons. The van der Waals surface area contributed by atoms with Crippen molar-refractivity contribution in [2.45, 2.75) is 26.3 Å². The first kappa shape index (κ1) is 21.9. The highest BCUT2D eigenvalue weighted by Gasteiger charge is 2.12. The van der Waals surface area contributed by atoms with Crippen LogP contribution in [0, 0.1) is 6.92 Å². The first-order valence-electron chi connectivity index (χ1n) is 11.3. The third-order valence-electron chi connectivity index (χ3n) is 6.04. The van der Waals surface area contributed by atoms with Crippen LogP contribution >= 0.6 is 0 Å². The summed E-state index contributed by atoms with van der Waals surface area (Å²) in [6.07, 6.45) is 7.54. The molecule has 0 radical (unpaired) electrons. The van der Waals surface area contributed by atoms with E-state index < -0.39 is 0 Å². The van der Waals surface area contributed by atoms with Crippen LogP contribution in [0.25, 0.3) is 27.9 Å². The van der Waals surface area contributed by atoms with Crippen molar-refractivity contribution in [1.82, 2.24) is 19.8 Å². The highest BCUT2D eigenvalue weighted by Crippen LogP contribution is 2.27. The van der Waals surface area contributed by atoms with Crippen LogP contribution < -0.4 is 5.32 Å². The van der Waals surface area contributed by atoms with Crippen LogP contribution in [0.3, 0.4) is 0 Å². The second-order valence-electron chi connectivity index (χ2n) is 8.56. The summed E-state index contributed by atoms with van der Waals surface area (Å²) in [5, 5.41) is 5.43. The molecule has 2 N–H and O–H groups in total. The van der Waals surface area contributed by atoms with Gasteiger partial charge >= 0.3 is 0 Å². The van der Waals surface area contributed by atoms with Crippen LogP contribution in [0.4, 0.5) is 0 Å². The van der Waals surface area contributed by atoms with Gasteiger partial charge < -0.3 is 19.8 Å². The van der Waals surface area contributed by atoms with Gasteiger partial charge in [-0.05, 0) is 64.2 Å². The van der Waals surface area contributed by atoms with E-state index in [1.165, 1.54) is 27.5 Å². The quantitative estimate of drug-likeness (QED) is 0.378. The molecule has 0 saturated heterocycles. The van der Waals surface area contributed by atoms with Crippen LogP contribution in [0.2, 0.25) is 0 Å². The summed E-state index contributed by atoms with van der Waals surface area (Å²) in [7, 11) is 4.21. The molecule has 0 aliphatic rings. The van der Waals surface area contributed by atoms with Crippen LogP contribution in [0.5, 0.6) is 0 Å². The average Bonchev–Trinajstić information content (AvgIpc) is 3.31. The van der Waals surface area contributed by atoms with Gasteiger partial charge in [-0.15, -0.1) is 0 Å². The van der Waals surface area contributed by atoms with Gasteiger partial charge in [0, 0.05) is 58.4 Å². The molecule has 0 unspecified atom stereocenters. The molecule has 2 aromatic carbocycles. The number of fused-ring (bicyclic) bond motifs is 2. The molecule has 5 nitrogen and oxygen atoms in total. The second-order valence-corrected chi connectivity index (χ2v) is 8.56. The number of aromatic amines is 1. The fourth-order valence-corrected chi connectivity index (χ4v) is 4.38. The van der Waals surface area contributed by atoms with Crippen LogP contribution in [0.15, 0.2) is 60.8 Å². The van der Waals surface area contributed by atoms with Gasteiger partial charge in [-0.1, -0.05) is 36.4 Å².